The van der Waals surface area contributed by atoms with Gasteiger partial charge in [-0.3, -0.25) is 0 Å². The number of rotatable bonds is 10. The number of para-hydroxylation sites is 4. The summed E-state index contributed by atoms with van der Waals surface area (Å²) in [6.07, 6.45) is 2.36. The van der Waals surface area contributed by atoms with Gasteiger partial charge in [-0.15, -0.1) is 0 Å². The molecule has 0 aromatic heterocycles. The average Bonchev–Trinajstić information content (AvgIpc) is 1.56. The van der Waals surface area contributed by atoms with E-state index in [1.807, 2.05) is 0 Å². The van der Waals surface area contributed by atoms with E-state index >= 15 is 0 Å². The molecule has 0 unspecified atom stereocenters. The minimum Gasteiger partial charge on any atom is -0.310 e. The highest BCUT2D eigenvalue weighted by molar-refractivity contribution is 5.95. The first-order valence-electron chi connectivity index (χ1n) is 31.9. The van der Waals surface area contributed by atoms with E-state index in [9.17, 15) is 0 Å². The van der Waals surface area contributed by atoms with Gasteiger partial charge in [0.05, 0.1) is 0 Å². The summed E-state index contributed by atoms with van der Waals surface area (Å²) in [5.41, 5.74) is 36.6. The minimum atomic E-state index is -0.251. The molecular formula is C86H71N3. The van der Waals surface area contributed by atoms with Crippen LogP contribution in [0.2, 0.25) is 0 Å². The number of aryl methyl sites for hydroxylation is 2. The third-order valence-corrected chi connectivity index (χ3v) is 21.3. The Morgan fingerprint density at radius 1 is 0.202 bits per heavy atom. The van der Waals surface area contributed by atoms with Crippen LogP contribution in [0.25, 0.3) is 55.6 Å². The Labute approximate surface area is 524 Å². The third kappa shape index (κ3) is 7.96. The minimum absolute atomic E-state index is 0.208. The molecule has 430 valence electrons. The van der Waals surface area contributed by atoms with E-state index in [-0.39, 0.29) is 21.7 Å². The number of hydrogen-bond acceptors (Lipinski definition) is 3. The van der Waals surface area contributed by atoms with Gasteiger partial charge in [-0.05, 0) is 258 Å². The fraction of sp³-hybridized carbons (Fsp3) is 0.163. The van der Waals surface area contributed by atoms with Crippen molar-refractivity contribution in [2.45, 2.75) is 89.9 Å². The molecule has 0 saturated heterocycles. The normalized spacial score (nSPS) is 15.5. The molecule has 0 radical (unpaired) electrons. The highest BCUT2D eigenvalue weighted by Crippen LogP contribution is 2.60. The van der Waals surface area contributed by atoms with Gasteiger partial charge in [0.1, 0.15) is 0 Å². The molecule has 5 aliphatic carbocycles. The van der Waals surface area contributed by atoms with Crippen molar-refractivity contribution in [3.8, 4) is 55.6 Å². The average molecular weight is 1150 g/mol. The van der Waals surface area contributed by atoms with Gasteiger partial charge < -0.3 is 14.7 Å². The van der Waals surface area contributed by atoms with E-state index < -0.39 is 0 Å². The van der Waals surface area contributed by atoms with Crippen LogP contribution in [0.15, 0.2) is 261 Å². The summed E-state index contributed by atoms with van der Waals surface area (Å²) in [5.74, 6) is 0. The van der Waals surface area contributed by atoms with Crippen LogP contribution < -0.4 is 14.7 Å². The van der Waals surface area contributed by atoms with E-state index in [4.69, 9.17) is 0 Å². The molecule has 0 heterocycles. The van der Waals surface area contributed by atoms with E-state index in [0.29, 0.717) is 0 Å². The van der Waals surface area contributed by atoms with E-state index in [1.165, 1.54) is 135 Å². The summed E-state index contributed by atoms with van der Waals surface area (Å²) in [4.78, 5) is 7.31. The lowest BCUT2D eigenvalue weighted by atomic mass is 9.79. The van der Waals surface area contributed by atoms with Crippen LogP contribution in [0.5, 0.6) is 0 Å². The van der Waals surface area contributed by atoms with Crippen LogP contribution in [0, 0.1) is 0 Å². The van der Waals surface area contributed by atoms with E-state index in [0.717, 1.165) is 39.8 Å². The van der Waals surface area contributed by atoms with Crippen LogP contribution >= 0.6 is 0 Å². The maximum atomic E-state index is 2.55. The second-order valence-electron chi connectivity index (χ2n) is 27.7. The van der Waals surface area contributed by atoms with Gasteiger partial charge in [-0.1, -0.05) is 183 Å². The van der Waals surface area contributed by atoms with Crippen LogP contribution in [0.1, 0.15) is 111 Å². The summed E-state index contributed by atoms with van der Waals surface area (Å²) in [7, 11) is 0. The lowest BCUT2D eigenvalue weighted by Gasteiger charge is -2.29. The standard InChI is InChI=1S/C86H71N3/c1-83(2)75-46-63(87(58-23-13-9-14-24-58)59-25-15-10-16-26-59)36-40-67(75)71-50-81-73(51-79(71)83)69-42-38-65(48-77(69)85(81,5)6)89(61-29-19-12-20-30-61)66-39-43-70-74-53-80-72(52-82(74)86(7,8)78(70)49-66)68-41-37-64(47-76(68)84(80,3)4)88(60-27-17-11-18-28-60)62-31-21-22-55(45-62)57-35-33-54-32-34-56(54)44-57/h9-31,33,35-53H,32,34H2,1-8H3. The summed E-state index contributed by atoms with van der Waals surface area (Å²) < 4.78 is 0. The predicted octanol–water partition coefficient (Wildman–Crippen LogP) is 23.1. The van der Waals surface area contributed by atoms with Gasteiger partial charge in [0.15, 0.2) is 0 Å². The molecule has 0 saturated carbocycles. The second kappa shape index (κ2) is 19.3. The fourth-order valence-corrected chi connectivity index (χ4v) is 16.3. The Morgan fingerprint density at radius 2 is 0.472 bits per heavy atom. The zero-order valence-corrected chi connectivity index (χ0v) is 52.1. The summed E-state index contributed by atoms with van der Waals surface area (Å²) >= 11 is 0. The molecule has 0 bridgehead atoms. The van der Waals surface area contributed by atoms with Crippen molar-refractivity contribution in [3.63, 3.8) is 0 Å². The summed E-state index contributed by atoms with van der Waals surface area (Å²) in [6, 6.07) is 98.6. The van der Waals surface area contributed by atoms with Gasteiger partial charge in [-0.2, -0.15) is 0 Å². The Hall–Kier alpha value is -9.96. The second-order valence-corrected chi connectivity index (χ2v) is 27.7. The van der Waals surface area contributed by atoms with Crippen molar-refractivity contribution in [1.29, 1.82) is 0 Å². The molecule has 3 nitrogen and oxygen atoms in total. The number of hydrogen-bond donors (Lipinski definition) is 0. The van der Waals surface area contributed by atoms with Gasteiger partial charge in [0.2, 0.25) is 0 Å². The van der Waals surface area contributed by atoms with Crippen molar-refractivity contribution in [1.82, 2.24) is 0 Å². The first-order valence-corrected chi connectivity index (χ1v) is 31.9. The summed E-state index contributed by atoms with van der Waals surface area (Å²) in [6.45, 7) is 19.4. The first kappa shape index (κ1) is 53.3. The van der Waals surface area contributed by atoms with E-state index in [2.05, 4.69) is 331 Å². The molecule has 0 N–H and O–H groups in total. The van der Waals surface area contributed by atoms with Crippen molar-refractivity contribution >= 4 is 51.2 Å². The molecule has 12 aromatic rings. The molecule has 17 rings (SSSR count). The Bertz CT molecular complexity index is 4850. The lowest BCUT2D eigenvalue weighted by molar-refractivity contribution is 0.652. The van der Waals surface area contributed by atoms with Crippen LogP contribution in [0.4, 0.5) is 51.2 Å². The molecular weight excluding hydrogens is 1070 g/mol. The Kier molecular flexibility index (Phi) is 11.5. The number of benzene rings is 12. The largest absolute Gasteiger partial charge is 0.310 e. The molecule has 3 heteroatoms. The quantitative estimate of drug-likeness (QED) is 0.135. The Balaban J connectivity index is 0.706. The maximum absolute atomic E-state index is 2.55. The molecule has 0 amide bonds. The summed E-state index contributed by atoms with van der Waals surface area (Å²) in [5, 5.41) is 0. The molecule has 12 aromatic carbocycles. The molecule has 5 aliphatic rings. The van der Waals surface area contributed by atoms with E-state index in [1.54, 1.807) is 0 Å². The Morgan fingerprint density at radius 3 is 0.775 bits per heavy atom. The highest BCUT2D eigenvalue weighted by Gasteiger charge is 2.45. The van der Waals surface area contributed by atoms with Crippen LogP contribution in [0.3, 0.4) is 0 Å². The van der Waals surface area contributed by atoms with Crippen LogP contribution in [-0.4, -0.2) is 0 Å². The fourth-order valence-electron chi connectivity index (χ4n) is 16.3. The zero-order chi connectivity index (χ0) is 60.3. The molecule has 0 aliphatic heterocycles. The SMILES string of the molecule is CC1(C)c2cc(N(c3ccccc3)c3ccccc3)ccc2-c2cc3c(cc21)-c1ccc(N(c2ccccc2)c2ccc4c(c2)C(C)(C)c2cc5c(cc2-4)C(C)(C)c2cc(N(c4ccccc4)c4cccc(-c6ccc7c(c6)CC7)c4)ccc2-5)cc1C3(C)C. The van der Waals surface area contributed by atoms with Crippen LogP contribution in [-0.2, 0) is 34.5 Å². The van der Waals surface area contributed by atoms with Crippen molar-refractivity contribution in [3.05, 3.63) is 316 Å². The topological polar surface area (TPSA) is 9.72 Å². The monoisotopic (exact) mass is 1150 g/mol. The zero-order valence-electron chi connectivity index (χ0n) is 52.1. The smallest absolute Gasteiger partial charge is 0.0467 e. The van der Waals surface area contributed by atoms with Gasteiger partial charge >= 0.3 is 0 Å². The van der Waals surface area contributed by atoms with Crippen molar-refractivity contribution in [2.24, 2.45) is 0 Å². The highest BCUT2D eigenvalue weighted by atomic mass is 15.2. The number of nitrogens with zero attached hydrogens (tertiary/aromatic N) is 3. The van der Waals surface area contributed by atoms with Crippen molar-refractivity contribution in [2.75, 3.05) is 14.7 Å². The lowest BCUT2D eigenvalue weighted by Crippen LogP contribution is -2.18. The molecule has 0 spiro atoms. The first-order chi connectivity index (χ1) is 43.1. The van der Waals surface area contributed by atoms with Gasteiger partial charge in [-0.25, -0.2) is 0 Å². The maximum Gasteiger partial charge on any atom is 0.0467 e. The van der Waals surface area contributed by atoms with Gasteiger partial charge in [0, 0.05) is 72.8 Å². The molecule has 0 fully saturated rings. The van der Waals surface area contributed by atoms with Crippen molar-refractivity contribution < 1.29 is 0 Å². The number of anilines is 9. The predicted molar refractivity (Wildman–Crippen MR) is 374 cm³/mol. The third-order valence-electron chi connectivity index (χ3n) is 21.3. The molecule has 89 heavy (non-hydrogen) atoms. The number of fused-ring (bicyclic) bond motifs is 13. The van der Waals surface area contributed by atoms with Gasteiger partial charge in [0.25, 0.3) is 0 Å². The molecule has 0 atom stereocenters.